The summed E-state index contributed by atoms with van der Waals surface area (Å²) in [6, 6.07) is 14.5. The molecule has 1 saturated heterocycles. The number of carbonyl (C=O) groups is 3. The van der Waals surface area contributed by atoms with Gasteiger partial charge in [0.2, 0.25) is 5.91 Å². The molecular formula is C27H21BrF2N2O5S. The highest BCUT2D eigenvalue weighted by atomic mass is 79.9. The van der Waals surface area contributed by atoms with Gasteiger partial charge < -0.3 is 14.8 Å². The fraction of sp³-hybridized carbons (Fsp3) is 0.148. The Kier molecular flexibility index (Phi) is 8.80. The number of thioether (sulfide) groups is 1. The van der Waals surface area contributed by atoms with E-state index in [4.69, 9.17) is 9.47 Å². The maximum Gasteiger partial charge on any atom is 0.294 e. The third-order valence-electron chi connectivity index (χ3n) is 5.24. The van der Waals surface area contributed by atoms with E-state index in [1.165, 1.54) is 42.5 Å². The van der Waals surface area contributed by atoms with E-state index in [0.717, 1.165) is 4.90 Å². The maximum atomic E-state index is 13.5. The Balaban J connectivity index is 1.49. The Morgan fingerprint density at radius 1 is 1.03 bits per heavy atom. The van der Waals surface area contributed by atoms with Gasteiger partial charge in [-0.15, -0.1) is 0 Å². The number of hydrogen-bond donors (Lipinski definition) is 1. The predicted molar refractivity (Wildman–Crippen MR) is 144 cm³/mol. The Morgan fingerprint density at radius 3 is 2.47 bits per heavy atom. The Hall–Kier alpha value is -3.70. The van der Waals surface area contributed by atoms with E-state index < -0.39 is 29.4 Å². The summed E-state index contributed by atoms with van der Waals surface area (Å²) in [5.74, 6) is -1.23. The van der Waals surface area contributed by atoms with E-state index in [2.05, 4.69) is 21.2 Å². The highest BCUT2D eigenvalue weighted by Crippen LogP contribution is 2.38. The number of carbonyl (C=O) groups excluding carboxylic acids is 3. The van der Waals surface area contributed by atoms with Crippen LogP contribution in [0.5, 0.6) is 11.5 Å². The van der Waals surface area contributed by atoms with Crippen LogP contribution in [0.15, 0.2) is 70.0 Å². The fourth-order valence-electron chi connectivity index (χ4n) is 3.49. The molecule has 1 N–H and O–H groups in total. The number of rotatable bonds is 9. The molecule has 196 valence electrons. The van der Waals surface area contributed by atoms with Crippen molar-refractivity contribution in [2.45, 2.75) is 13.5 Å². The number of imide groups is 1. The minimum Gasteiger partial charge on any atom is -0.490 e. The third kappa shape index (κ3) is 6.78. The van der Waals surface area contributed by atoms with Crippen molar-refractivity contribution >= 4 is 56.5 Å². The highest BCUT2D eigenvalue weighted by molar-refractivity contribution is 9.10. The first-order chi connectivity index (χ1) is 18.2. The van der Waals surface area contributed by atoms with Crippen LogP contribution in [0.4, 0.5) is 19.3 Å². The van der Waals surface area contributed by atoms with Gasteiger partial charge in [0.1, 0.15) is 24.8 Å². The standard InChI is InChI=1S/C27H21BrF2N2O5S/c1-2-36-22-11-17(21(28)13-23(22)37-15-16-4-3-5-19(30)10-16)12-24-26(34)32(27(35)38-24)14-25(33)31-20-8-6-18(29)7-9-20/h3-13H,2,14-15H2,1H3,(H,31,33)/b24-12-. The number of ether oxygens (including phenoxy) is 2. The van der Waals surface area contributed by atoms with Gasteiger partial charge >= 0.3 is 0 Å². The molecular weight excluding hydrogens is 582 g/mol. The third-order valence-corrected chi connectivity index (χ3v) is 6.83. The highest BCUT2D eigenvalue weighted by Gasteiger charge is 2.36. The minimum atomic E-state index is -0.620. The van der Waals surface area contributed by atoms with Gasteiger partial charge in [0.25, 0.3) is 11.1 Å². The van der Waals surface area contributed by atoms with Gasteiger partial charge in [0.05, 0.1) is 11.5 Å². The molecule has 1 fully saturated rings. The number of benzene rings is 3. The number of halogens is 3. The molecule has 1 heterocycles. The average molecular weight is 603 g/mol. The predicted octanol–water partition coefficient (Wildman–Crippen LogP) is 6.38. The van der Waals surface area contributed by atoms with Gasteiger partial charge in [0.15, 0.2) is 11.5 Å². The summed E-state index contributed by atoms with van der Waals surface area (Å²) in [5, 5.41) is 1.94. The Bertz CT molecular complexity index is 1420. The molecule has 0 aromatic heterocycles. The van der Waals surface area contributed by atoms with Crippen molar-refractivity contribution in [1.82, 2.24) is 4.90 Å². The van der Waals surface area contributed by atoms with Crippen LogP contribution in [0.1, 0.15) is 18.1 Å². The van der Waals surface area contributed by atoms with Gasteiger partial charge in [-0.3, -0.25) is 19.3 Å². The lowest BCUT2D eigenvalue weighted by Crippen LogP contribution is -2.36. The zero-order valence-corrected chi connectivity index (χ0v) is 22.4. The number of amides is 3. The molecule has 7 nitrogen and oxygen atoms in total. The van der Waals surface area contributed by atoms with Crippen LogP contribution in [0, 0.1) is 11.6 Å². The second kappa shape index (κ2) is 12.2. The van der Waals surface area contributed by atoms with Crippen molar-refractivity contribution in [2.75, 3.05) is 18.5 Å². The smallest absolute Gasteiger partial charge is 0.294 e. The van der Waals surface area contributed by atoms with Gasteiger partial charge in [-0.2, -0.15) is 0 Å². The van der Waals surface area contributed by atoms with Crippen molar-refractivity contribution in [1.29, 1.82) is 0 Å². The van der Waals surface area contributed by atoms with Crippen LogP contribution in [0.3, 0.4) is 0 Å². The van der Waals surface area contributed by atoms with Crippen LogP contribution in [0.25, 0.3) is 6.08 Å². The van der Waals surface area contributed by atoms with Crippen molar-refractivity contribution in [3.05, 3.63) is 92.8 Å². The molecule has 0 aliphatic carbocycles. The first-order valence-electron chi connectivity index (χ1n) is 11.4. The van der Waals surface area contributed by atoms with E-state index in [1.54, 1.807) is 31.2 Å². The largest absolute Gasteiger partial charge is 0.490 e. The zero-order chi connectivity index (χ0) is 27.2. The summed E-state index contributed by atoms with van der Waals surface area (Å²) in [6.07, 6.45) is 1.52. The SMILES string of the molecule is CCOc1cc(/C=C2\SC(=O)N(CC(=O)Nc3ccc(F)cc3)C2=O)c(Br)cc1OCc1cccc(F)c1. The molecule has 4 rings (SSSR count). The van der Waals surface area contributed by atoms with Gasteiger partial charge in [0, 0.05) is 10.2 Å². The number of nitrogens with one attached hydrogen (secondary N) is 1. The molecule has 3 amide bonds. The van der Waals surface area contributed by atoms with E-state index in [0.29, 0.717) is 51.2 Å². The molecule has 3 aromatic carbocycles. The molecule has 1 aliphatic heterocycles. The van der Waals surface area contributed by atoms with Crippen LogP contribution in [-0.2, 0) is 16.2 Å². The Morgan fingerprint density at radius 2 is 1.76 bits per heavy atom. The lowest BCUT2D eigenvalue weighted by molar-refractivity contribution is -0.127. The molecule has 1 aliphatic rings. The summed E-state index contributed by atoms with van der Waals surface area (Å²) in [4.78, 5) is 38.7. The second-order valence-electron chi connectivity index (χ2n) is 7.99. The summed E-state index contributed by atoms with van der Waals surface area (Å²) in [6.45, 7) is 1.78. The number of anilines is 1. The van der Waals surface area contributed by atoms with Crippen LogP contribution in [0.2, 0.25) is 0 Å². The zero-order valence-electron chi connectivity index (χ0n) is 20.0. The second-order valence-corrected chi connectivity index (χ2v) is 9.84. The van der Waals surface area contributed by atoms with Crippen LogP contribution in [-0.4, -0.2) is 35.1 Å². The molecule has 0 radical (unpaired) electrons. The van der Waals surface area contributed by atoms with E-state index in [-0.39, 0.29) is 17.3 Å². The Labute approximate surface area is 229 Å². The molecule has 0 spiro atoms. The molecule has 3 aromatic rings. The van der Waals surface area contributed by atoms with Crippen LogP contribution >= 0.6 is 27.7 Å². The quantitative estimate of drug-likeness (QED) is 0.286. The van der Waals surface area contributed by atoms with Crippen molar-refractivity contribution in [2.24, 2.45) is 0 Å². The first-order valence-corrected chi connectivity index (χ1v) is 13.0. The lowest BCUT2D eigenvalue weighted by atomic mass is 10.1. The minimum absolute atomic E-state index is 0.114. The van der Waals surface area contributed by atoms with Crippen LogP contribution < -0.4 is 14.8 Å². The van der Waals surface area contributed by atoms with Gasteiger partial charge in [-0.25, -0.2) is 8.78 Å². The maximum absolute atomic E-state index is 13.5. The molecule has 0 unspecified atom stereocenters. The van der Waals surface area contributed by atoms with Crippen molar-refractivity contribution in [3.63, 3.8) is 0 Å². The molecule has 0 bridgehead atoms. The summed E-state index contributed by atoms with van der Waals surface area (Å²) in [7, 11) is 0. The number of hydrogen-bond acceptors (Lipinski definition) is 6. The van der Waals surface area contributed by atoms with E-state index >= 15 is 0 Å². The van der Waals surface area contributed by atoms with Gasteiger partial charge in [-0.05, 0) is 84.4 Å². The van der Waals surface area contributed by atoms with Crippen molar-refractivity contribution in [3.8, 4) is 11.5 Å². The molecule has 38 heavy (non-hydrogen) atoms. The van der Waals surface area contributed by atoms with Crippen molar-refractivity contribution < 1.29 is 32.6 Å². The molecule has 0 atom stereocenters. The first kappa shape index (κ1) is 27.3. The summed E-state index contributed by atoms with van der Waals surface area (Å²) < 4.78 is 38.7. The monoisotopic (exact) mass is 602 g/mol. The normalized spacial score (nSPS) is 14.2. The van der Waals surface area contributed by atoms with Gasteiger partial charge in [-0.1, -0.05) is 28.1 Å². The average Bonchev–Trinajstić information content (AvgIpc) is 3.13. The summed E-state index contributed by atoms with van der Waals surface area (Å²) >= 11 is 4.17. The lowest BCUT2D eigenvalue weighted by Gasteiger charge is -2.14. The molecule has 11 heteroatoms. The molecule has 0 saturated carbocycles. The fourth-order valence-corrected chi connectivity index (χ4v) is 4.75. The van der Waals surface area contributed by atoms with E-state index in [9.17, 15) is 23.2 Å². The topological polar surface area (TPSA) is 84.9 Å². The number of nitrogens with zero attached hydrogens (tertiary/aromatic N) is 1. The van der Waals surface area contributed by atoms with E-state index in [1.807, 2.05) is 0 Å². The summed E-state index contributed by atoms with van der Waals surface area (Å²) in [5.41, 5.74) is 1.53.